The summed E-state index contributed by atoms with van der Waals surface area (Å²) in [7, 11) is 0. The van der Waals surface area contributed by atoms with Crippen LogP contribution in [0, 0.1) is 0 Å². The fraction of sp³-hybridized carbons (Fsp3) is 0.500. The standard InChI is InChI=1S/C16H23N3O3/c1-3-5-12(2)17-15(20)18-14-7-4-6-13(10-14)11-19-8-9-22-16(19)21/h4,6-7,10,12H,3,5,8-9,11H2,1-2H3,(H2,17,18,20). The quantitative estimate of drug-likeness (QED) is 0.849. The molecule has 120 valence electrons. The molecule has 1 aliphatic heterocycles. The third-order valence-electron chi connectivity index (χ3n) is 3.50. The van der Waals surface area contributed by atoms with Crippen LogP contribution in [0.25, 0.3) is 0 Å². The van der Waals surface area contributed by atoms with Gasteiger partial charge in [-0.3, -0.25) is 0 Å². The molecule has 2 N–H and O–H groups in total. The highest BCUT2D eigenvalue weighted by Crippen LogP contribution is 2.15. The molecule has 0 saturated carbocycles. The molecule has 1 aliphatic rings. The molecule has 1 fully saturated rings. The SMILES string of the molecule is CCCC(C)NC(=O)Nc1cccc(CN2CCOC2=O)c1. The molecule has 0 radical (unpaired) electrons. The van der Waals surface area contributed by atoms with E-state index in [9.17, 15) is 9.59 Å². The highest BCUT2D eigenvalue weighted by atomic mass is 16.6. The lowest BCUT2D eigenvalue weighted by molar-refractivity contribution is 0.157. The lowest BCUT2D eigenvalue weighted by Crippen LogP contribution is -2.35. The second-order valence-electron chi connectivity index (χ2n) is 5.52. The number of carbonyl (C=O) groups is 2. The number of hydrogen-bond acceptors (Lipinski definition) is 3. The van der Waals surface area contributed by atoms with E-state index >= 15 is 0 Å². The van der Waals surface area contributed by atoms with Crippen LogP contribution in [0.2, 0.25) is 0 Å². The summed E-state index contributed by atoms with van der Waals surface area (Å²) in [6.45, 7) is 5.60. The molecular formula is C16H23N3O3. The second-order valence-corrected chi connectivity index (χ2v) is 5.52. The van der Waals surface area contributed by atoms with Crippen LogP contribution in [0.15, 0.2) is 24.3 Å². The minimum Gasteiger partial charge on any atom is -0.448 e. The van der Waals surface area contributed by atoms with E-state index < -0.39 is 0 Å². The summed E-state index contributed by atoms with van der Waals surface area (Å²) in [4.78, 5) is 25.0. The van der Waals surface area contributed by atoms with E-state index in [-0.39, 0.29) is 18.2 Å². The van der Waals surface area contributed by atoms with Crippen LogP contribution in [-0.4, -0.2) is 36.2 Å². The first kappa shape index (κ1) is 16.1. The molecule has 1 heterocycles. The van der Waals surface area contributed by atoms with E-state index in [0.717, 1.165) is 18.4 Å². The van der Waals surface area contributed by atoms with Crippen LogP contribution in [-0.2, 0) is 11.3 Å². The van der Waals surface area contributed by atoms with Crippen LogP contribution in [0.5, 0.6) is 0 Å². The van der Waals surface area contributed by atoms with Gasteiger partial charge >= 0.3 is 12.1 Å². The van der Waals surface area contributed by atoms with E-state index in [1.54, 1.807) is 4.90 Å². The number of amides is 3. The zero-order valence-electron chi connectivity index (χ0n) is 13.1. The van der Waals surface area contributed by atoms with Crippen molar-refractivity contribution in [2.24, 2.45) is 0 Å². The monoisotopic (exact) mass is 305 g/mol. The molecule has 22 heavy (non-hydrogen) atoms. The first-order chi connectivity index (χ1) is 10.6. The lowest BCUT2D eigenvalue weighted by atomic mass is 10.2. The Morgan fingerprint density at radius 3 is 2.95 bits per heavy atom. The molecule has 6 heteroatoms. The third kappa shape index (κ3) is 4.65. The summed E-state index contributed by atoms with van der Waals surface area (Å²) in [5.74, 6) is 0. The van der Waals surface area contributed by atoms with Crippen molar-refractivity contribution in [2.45, 2.75) is 39.3 Å². The van der Waals surface area contributed by atoms with Gasteiger partial charge in [0.05, 0.1) is 6.54 Å². The Labute approximate surface area is 130 Å². The summed E-state index contributed by atoms with van der Waals surface area (Å²) < 4.78 is 4.91. The molecular weight excluding hydrogens is 282 g/mol. The Balaban J connectivity index is 1.90. The molecule has 3 amide bonds. The molecule has 1 atom stereocenters. The summed E-state index contributed by atoms with van der Waals surface area (Å²) in [5.41, 5.74) is 1.67. The molecule has 0 aliphatic carbocycles. The minimum atomic E-state index is -0.288. The van der Waals surface area contributed by atoms with Gasteiger partial charge < -0.3 is 20.3 Å². The number of ether oxygens (including phenoxy) is 1. The predicted molar refractivity (Wildman–Crippen MR) is 84.7 cm³/mol. The van der Waals surface area contributed by atoms with Crippen molar-refractivity contribution in [3.63, 3.8) is 0 Å². The lowest BCUT2D eigenvalue weighted by Gasteiger charge is -2.15. The van der Waals surface area contributed by atoms with Gasteiger partial charge in [-0.05, 0) is 31.0 Å². The van der Waals surface area contributed by atoms with Crippen molar-refractivity contribution in [3.05, 3.63) is 29.8 Å². The normalized spacial score (nSPS) is 15.4. The van der Waals surface area contributed by atoms with E-state index in [1.807, 2.05) is 31.2 Å². The van der Waals surface area contributed by atoms with Crippen molar-refractivity contribution in [1.29, 1.82) is 0 Å². The van der Waals surface area contributed by atoms with Crippen molar-refractivity contribution < 1.29 is 14.3 Å². The average molecular weight is 305 g/mol. The van der Waals surface area contributed by atoms with Crippen molar-refractivity contribution >= 4 is 17.8 Å². The Kier molecular flexibility index (Phi) is 5.63. The molecule has 1 unspecified atom stereocenters. The predicted octanol–water partition coefficient (Wildman–Crippen LogP) is 2.95. The third-order valence-corrected chi connectivity index (χ3v) is 3.50. The summed E-state index contributed by atoms with van der Waals surface area (Å²) in [6.07, 6.45) is 1.69. The Morgan fingerprint density at radius 1 is 1.45 bits per heavy atom. The number of anilines is 1. The summed E-state index contributed by atoms with van der Waals surface area (Å²) in [5, 5.41) is 5.72. The van der Waals surface area contributed by atoms with Gasteiger partial charge in [-0.2, -0.15) is 0 Å². The molecule has 2 rings (SSSR count). The van der Waals surface area contributed by atoms with Gasteiger partial charge in [-0.1, -0.05) is 25.5 Å². The van der Waals surface area contributed by atoms with Crippen LogP contribution in [0.4, 0.5) is 15.3 Å². The number of rotatable bonds is 6. The first-order valence-corrected chi connectivity index (χ1v) is 7.66. The number of nitrogens with zero attached hydrogens (tertiary/aromatic N) is 1. The fourth-order valence-electron chi connectivity index (χ4n) is 2.43. The van der Waals surface area contributed by atoms with Crippen molar-refractivity contribution in [1.82, 2.24) is 10.2 Å². The van der Waals surface area contributed by atoms with E-state index in [4.69, 9.17) is 4.74 Å². The molecule has 0 bridgehead atoms. The number of cyclic esters (lactones) is 1. The Bertz CT molecular complexity index is 533. The largest absolute Gasteiger partial charge is 0.448 e. The van der Waals surface area contributed by atoms with Crippen LogP contribution >= 0.6 is 0 Å². The van der Waals surface area contributed by atoms with Gasteiger partial charge in [0.2, 0.25) is 0 Å². The van der Waals surface area contributed by atoms with Crippen molar-refractivity contribution in [3.8, 4) is 0 Å². The molecule has 0 aromatic heterocycles. The van der Waals surface area contributed by atoms with E-state index in [0.29, 0.717) is 25.4 Å². The molecule has 1 aromatic carbocycles. The Morgan fingerprint density at radius 2 is 2.27 bits per heavy atom. The van der Waals surface area contributed by atoms with E-state index in [1.165, 1.54) is 0 Å². The highest BCUT2D eigenvalue weighted by molar-refractivity contribution is 5.89. The molecule has 0 spiro atoms. The topological polar surface area (TPSA) is 70.7 Å². The second kappa shape index (κ2) is 7.68. The van der Waals surface area contributed by atoms with Crippen LogP contribution in [0.1, 0.15) is 32.3 Å². The maximum atomic E-state index is 11.9. The number of benzene rings is 1. The van der Waals surface area contributed by atoms with Crippen LogP contribution < -0.4 is 10.6 Å². The highest BCUT2D eigenvalue weighted by Gasteiger charge is 2.21. The van der Waals surface area contributed by atoms with Crippen molar-refractivity contribution in [2.75, 3.05) is 18.5 Å². The maximum Gasteiger partial charge on any atom is 0.410 e. The number of urea groups is 1. The maximum absolute atomic E-state index is 11.9. The first-order valence-electron chi connectivity index (χ1n) is 7.66. The molecule has 1 aromatic rings. The van der Waals surface area contributed by atoms with Gasteiger partial charge in [-0.15, -0.1) is 0 Å². The number of hydrogen-bond donors (Lipinski definition) is 2. The number of carbonyl (C=O) groups excluding carboxylic acids is 2. The average Bonchev–Trinajstić information content (AvgIpc) is 2.84. The summed E-state index contributed by atoms with van der Waals surface area (Å²) >= 11 is 0. The molecule has 6 nitrogen and oxygen atoms in total. The molecule has 1 saturated heterocycles. The van der Waals surface area contributed by atoms with Gasteiger partial charge in [0, 0.05) is 18.3 Å². The smallest absolute Gasteiger partial charge is 0.410 e. The minimum absolute atomic E-state index is 0.146. The summed E-state index contributed by atoms with van der Waals surface area (Å²) in [6, 6.07) is 7.42. The van der Waals surface area contributed by atoms with Gasteiger partial charge in [0.1, 0.15) is 6.61 Å². The zero-order valence-corrected chi connectivity index (χ0v) is 13.1. The van der Waals surface area contributed by atoms with Crippen LogP contribution in [0.3, 0.4) is 0 Å². The van der Waals surface area contributed by atoms with Gasteiger partial charge in [0.25, 0.3) is 0 Å². The fourth-order valence-corrected chi connectivity index (χ4v) is 2.43. The van der Waals surface area contributed by atoms with E-state index in [2.05, 4.69) is 17.6 Å². The van der Waals surface area contributed by atoms with Gasteiger partial charge in [0.15, 0.2) is 0 Å². The number of nitrogens with one attached hydrogen (secondary N) is 2. The van der Waals surface area contributed by atoms with Gasteiger partial charge in [-0.25, -0.2) is 9.59 Å². The zero-order chi connectivity index (χ0) is 15.9. The Hall–Kier alpha value is -2.24.